The van der Waals surface area contributed by atoms with Crippen LogP contribution in [0, 0.1) is 5.82 Å². The number of benzene rings is 2. The Balaban J connectivity index is 1.86. The van der Waals surface area contributed by atoms with Gasteiger partial charge in [0, 0.05) is 30.7 Å². The normalized spacial score (nSPS) is 17.0. The summed E-state index contributed by atoms with van der Waals surface area (Å²) in [6.45, 7) is 2.43. The fourth-order valence-corrected chi connectivity index (χ4v) is 4.66. The van der Waals surface area contributed by atoms with Crippen LogP contribution in [-0.4, -0.2) is 46.2 Å². The van der Waals surface area contributed by atoms with E-state index in [1.807, 2.05) is 18.2 Å². The van der Waals surface area contributed by atoms with Crippen LogP contribution in [0.1, 0.15) is 11.6 Å². The van der Waals surface area contributed by atoms with E-state index in [1.165, 1.54) is 18.2 Å². The standard InChI is InChI=1S/C18H19Cl2FN2O3S/c19-14-5-2-1-4-13(14)16(23-8-10-26-11-9-23)12-22-27(24,25)17-7-3-6-15(20)18(17)21/h1-7,16,22H,8-12H2. The van der Waals surface area contributed by atoms with E-state index in [2.05, 4.69) is 9.62 Å². The highest BCUT2D eigenvalue weighted by molar-refractivity contribution is 7.89. The van der Waals surface area contributed by atoms with Gasteiger partial charge in [0.2, 0.25) is 10.0 Å². The van der Waals surface area contributed by atoms with E-state index in [9.17, 15) is 12.8 Å². The molecule has 0 radical (unpaired) electrons. The zero-order valence-electron chi connectivity index (χ0n) is 14.4. The van der Waals surface area contributed by atoms with Crippen LogP contribution in [0.25, 0.3) is 0 Å². The topological polar surface area (TPSA) is 58.6 Å². The van der Waals surface area contributed by atoms with Gasteiger partial charge in [0.15, 0.2) is 5.82 Å². The molecule has 0 spiro atoms. The summed E-state index contributed by atoms with van der Waals surface area (Å²) in [4.78, 5) is 1.62. The molecule has 0 aromatic heterocycles. The van der Waals surface area contributed by atoms with Gasteiger partial charge in [0.25, 0.3) is 0 Å². The molecule has 1 aliphatic rings. The first-order valence-electron chi connectivity index (χ1n) is 8.40. The molecule has 5 nitrogen and oxygen atoms in total. The Morgan fingerprint density at radius 1 is 1.07 bits per heavy atom. The molecule has 0 amide bonds. The third-order valence-corrected chi connectivity index (χ3v) is 6.50. The van der Waals surface area contributed by atoms with Crippen LogP contribution < -0.4 is 4.72 Å². The molecule has 1 atom stereocenters. The molecule has 0 bridgehead atoms. The second kappa shape index (κ2) is 8.86. The average molecular weight is 433 g/mol. The van der Waals surface area contributed by atoms with Crippen LogP contribution in [0.4, 0.5) is 4.39 Å². The number of halogens is 3. The molecule has 1 N–H and O–H groups in total. The van der Waals surface area contributed by atoms with Crippen LogP contribution in [-0.2, 0) is 14.8 Å². The Hall–Kier alpha value is -1.22. The van der Waals surface area contributed by atoms with Crippen molar-refractivity contribution >= 4 is 33.2 Å². The van der Waals surface area contributed by atoms with E-state index in [0.717, 1.165) is 5.56 Å². The molecule has 1 heterocycles. The van der Waals surface area contributed by atoms with Crippen molar-refractivity contribution in [2.45, 2.75) is 10.9 Å². The fourth-order valence-electron chi connectivity index (χ4n) is 3.03. The lowest BCUT2D eigenvalue weighted by molar-refractivity contribution is 0.0172. The minimum atomic E-state index is -4.08. The highest BCUT2D eigenvalue weighted by Gasteiger charge is 2.27. The lowest BCUT2D eigenvalue weighted by Crippen LogP contribution is -2.44. The summed E-state index contributed by atoms with van der Waals surface area (Å²) in [6.07, 6.45) is 0. The molecular weight excluding hydrogens is 414 g/mol. The summed E-state index contributed by atoms with van der Waals surface area (Å²) in [5.74, 6) is -0.965. The number of rotatable bonds is 6. The minimum absolute atomic E-state index is 0.0397. The van der Waals surface area contributed by atoms with Gasteiger partial charge in [-0.25, -0.2) is 17.5 Å². The average Bonchev–Trinajstić information content (AvgIpc) is 2.66. The number of hydrogen-bond donors (Lipinski definition) is 1. The highest BCUT2D eigenvalue weighted by Crippen LogP contribution is 2.29. The van der Waals surface area contributed by atoms with Gasteiger partial charge in [0.1, 0.15) is 4.90 Å². The first-order chi connectivity index (χ1) is 12.9. The molecular formula is C18H19Cl2FN2O3S. The Kier molecular flexibility index (Phi) is 6.73. The molecule has 1 saturated heterocycles. The lowest BCUT2D eigenvalue weighted by atomic mass is 10.0. The fraction of sp³-hybridized carbons (Fsp3) is 0.333. The second-order valence-electron chi connectivity index (χ2n) is 6.09. The number of nitrogens with one attached hydrogen (secondary N) is 1. The molecule has 0 saturated carbocycles. The van der Waals surface area contributed by atoms with E-state index >= 15 is 0 Å². The van der Waals surface area contributed by atoms with E-state index < -0.39 is 20.7 Å². The van der Waals surface area contributed by atoms with Crippen LogP contribution in [0.3, 0.4) is 0 Å². The number of nitrogens with zero attached hydrogens (tertiary/aromatic N) is 1. The van der Waals surface area contributed by atoms with E-state index in [4.69, 9.17) is 27.9 Å². The van der Waals surface area contributed by atoms with Crippen molar-refractivity contribution in [3.63, 3.8) is 0 Å². The van der Waals surface area contributed by atoms with Gasteiger partial charge in [0.05, 0.1) is 18.2 Å². The number of ether oxygens (including phenoxy) is 1. The van der Waals surface area contributed by atoms with Crippen LogP contribution in [0.5, 0.6) is 0 Å². The SMILES string of the molecule is O=S(=O)(NCC(c1ccccc1Cl)N1CCOCC1)c1cccc(Cl)c1F. The maximum Gasteiger partial charge on any atom is 0.243 e. The van der Waals surface area contributed by atoms with E-state index in [-0.39, 0.29) is 17.6 Å². The summed E-state index contributed by atoms with van der Waals surface area (Å²) >= 11 is 12.1. The summed E-state index contributed by atoms with van der Waals surface area (Å²) in [7, 11) is -4.08. The van der Waals surface area contributed by atoms with Crippen molar-refractivity contribution in [1.29, 1.82) is 0 Å². The van der Waals surface area contributed by atoms with Crippen molar-refractivity contribution in [3.8, 4) is 0 Å². The second-order valence-corrected chi connectivity index (χ2v) is 8.64. The molecule has 3 rings (SSSR count). The zero-order chi connectivity index (χ0) is 19.4. The molecule has 2 aromatic rings. The van der Waals surface area contributed by atoms with Gasteiger partial charge in [-0.05, 0) is 23.8 Å². The maximum absolute atomic E-state index is 14.2. The molecule has 27 heavy (non-hydrogen) atoms. The molecule has 0 aliphatic carbocycles. The molecule has 146 valence electrons. The van der Waals surface area contributed by atoms with Crippen molar-refractivity contribution in [2.75, 3.05) is 32.8 Å². The molecule has 9 heteroatoms. The van der Waals surface area contributed by atoms with Crippen molar-refractivity contribution in [1.82, 2.24) is 9.62 Å². The van der Waals surface area contributed by atoms with Gasteiger partial charge >= 0.3 is 0 Å². The smallest absolute Gasteiger partial charge is 0.243 e. The van der Waals surface area contributed by atoms with Gasteiger partial charge in [-0.3, -0.25) is 4.90 Å². The number of morpholine rings is 1. The number of sulfonamides is 1. The Labute approximate surface area is 168 Å². The van der Waals surface area contributed by atoms with Crippen LogP contribution >= 0.6 is 23.2 Å². The van der Waals surface area contributed by atoms with Crippen LogP contribution in [0.2, 0.25) is 10.0 Å². The number of hydrogen-bond acceptors (Lipinski definition) is 4. The third kappa shape index (κ3) is 4.80. The zero-order valence-corrected chi connectivity index (χ0v) is 16.7. The minimum Gasteiger partial charge on any atom is -0.379 e. The lowest BCUT2D eigenvalue weighted by Gasteiger charge is -2.35. The Morgan fingerprint density at radius 3 is 2.44 bits per heavy atom. The van der Waals surface area contributed by atoms with Crippen molar-refractivity contribution in [2.24, 2.45) is 0 Å². The summed E-state index contributed by atoms with van der Waals surface area (Å²) in [5, 5.41) is 0.302. The van der Waals surface area contributed by atoms with Crippen molar-refractivity contribution in [3.05, 3.63) is 63.9 Å². The van der Waals surface area contributed by atoms with Gasteiger partial charge in [-0.15, -0.1) is 0 Å². The summed E-state index contributed by atoms with van der Waals surface area (Å²) in [5.41, 5.74) is 0.801. The van der Waals surface area contributed by atoms with Crippen molar-refractivity contribution < 1.29 is 17.5 Å². The predicted octanol–water partition coefficient (Wildman–Crippen LogP) is 3.48. The van der Waals surface area contributed by atoms with E-state index in [0.29, 0.717) is 31.3 Å². The molecule has 1 fully saturated rings. The molecule has 2 aromatic carbocycles. The quantitative estimate of drug-likeness (QED) is 0.758. The maximum atomic E-state index is 14.2. The van der Waals surface area contributed by atoms with Gasteiger partial charge in [-0.1, -0.05) is 47.5 Å². The first-order valence-corrected chi connectivity index (χ1v) is 10.6. The van der Waals surface area contributed by atoms with Crippen LogP contribution in [0.15, 0.2) is 47.4 Å². The highest BCUT2D eigenvalue weighted by atomic mass is 35.5. The summed E-state index contributed by atoms with van der Waals surface area (Å²) in [6, 6.07) is 10.9. The molecule has 1 aliphatic heterocycles. The first kappa shape index (κ1) is 20.5. The monoisotopic (exact) mass is 432 g/mol. The largest absolute Gasteiger partial charge is 0.379 e. The molecule has 1 unspecified atom stereocenters. The Morgan fingerprint density at radius 2 is 1.74 bits per heavy atom. The Bertz CT molecular complexity index is 905. The third-order valence-electron chi connectivity index (χ3n) is 4.42. The van der Waals surface area contributed by atoms with E-state index in [1.54, 1.807) is 6.07 Å². The predicted molar refractivity (Wildman–Crippen MR) is 103 cm³/mol. The van der Waals surface area contributed by atoms with Gasteiger partial charge in [-0.2, -0.15) is 0 Å². The summed E-state index contributed by atoms with van der Waals surface area (Å²) < 4.78 is 47.3. The van der Waals surface area contributed by atoms with Gasteiger partial charge < -0.3 is 4.74 Å².